The van der Waals surface area contributed by atoms with Crippen LogP contribution in [0, 0.1) is 0 Å². The van der Waals surface area contributed by atoms with Crippen molar-refractivity contribution in [3.05, 3.63) is 60.8 Å². The highest BCUT2D eigenvalue weighted by atomic mass is 16.5. The number of nitrogens with one attached hydrogen (secondary N) is 1. The van der Waals surface area contributed by atoms with E-state index in [0.29, 0.717) is 19.3 Å². The Morgan fingerprint density at radius 1 is 0.484 bits per heavy atom. The molecule has 0 saturated heterocycles. The molecular weight excluding hydrogens is 767 g/mol. The lowest BCUT2D eigenvalue weighted by molar-refractivity contribution is -0.151. The molecule has 0 spiro atoms. The molecule has 0 rings (SSSR count). The van der Waals surface area contributed by atoms with Gasteiger partial charge in [-0.1, -0.05) is 236 Å². The first-order valence-electron chi connectivity index (χ1n) is 26.6. The summed E-state index contributed by atoms with van der Waals surface area (Å²) in [6.45, 7) is 6.34. The molecule has 0 fully saturated rings. The Morgan fingerprint density at radius 2 is 0.887 bits per heavy atom. The fraction of sp³-hybridized carbons (Fsp3) is 0.786. The summed E-state index contributed by atoms with van der Waals surface area (Å²) in [5.41, 5.74) is 0. The van der Waals surface area contributed by atoms with Crippen molar-refractivity contribution in [3.63, 3.8) is 0 Å². The molecule has 1 amide bonds. The van der Waals surface area contributed by atoms with E-state index >= 15 is 0 Å². The van der Waals surface area contributed by atoms with Gasteiger partial charge in [0.1, 0.15) is 6.10 Å². The average Bonchev–Trinajstić information content (AvgIpc) is 3.26. The van der Waals surface area contributed by atoms with E-state index in [1.165, 1.54) is 135 Å². The molecule has 0 aliphatic carbocycles. The molecule has 0 heterocycles. The number of aliphatic hydroxyl groups excluding tert-OH is 2. The van der Waals surface area contributed by atoms with Gasteiger partial charge in [0.15, 0.2) is 0 Å². The molecule has 0 aliphatic heterocycles. The molecule has 0 bridgehead atoms. The first-order chi connectivity index (χ1) is 30.5. The second-order valence-corrected chi connectivity index (χ2v) is 18.0. The monoisotopic (exact) mass is 868 g/mol. The number of ether oxygens (including phenoxy) is 1. The van der Waals surface area contributed by atoms with Gasteiger partial charge in [0.2, 0.25) is 5.91 Å². The summed E-state index contributed by atoms with van der Waals surface area (Å²) < 4.78 is 5.92. The molecule has 62 heavy (non-hydrogen) atoms. The van der Waals surface area contributed by atoms with Gasteiger partial charge < -0.3 is 20.3 Å². The number of carbonyl (C=O) groups excluding carboxylic acids is 2. The number of unbranched alkanes of at least 4 members (excludes halogenated alkanes) is 28. The molecule has 3 N–H and O–H groups in total. The van der Waals surface area contributed by atoms with Crippen LogP contribution in [0.2, 0.25) is 0 Å². The number of amides is 1. The lowest BCUT2D eigenvalue weighted by Gasteiger charge is -2.24. The van der Waals surface area contributed by atoms with Crippen LogP contribution in [0.3, 0.4) is 0 Å². The number of carbonyl (C=O) groups is 2. The summed E-state index contributed by atoms with van der Waals surface area (Å²) in [6.07, 6.45) is 61.4. The van der Waals surface area contributed by atoms with Gasteiger partial charge in [-0.25, -0.2) is 0 Å². The Hall–Kier alpha value is -2.44. The molecule has 0 aromatic heterocycles. The van der Waals surface area contributed by atoms with Gasteiger partial charge in [-0.2, -0.15) is 0 Å². The number of rotatable bonds is 47. The Labute approximate surface area is 384 Å². The fourth-order valence-electron chi connectivity index (χ4n) is 7.91. The third kappa shape index (κ3) is 44.2. The van der Waals surface area contributed by atoms with E-state index in [9.17, 15) is 19.8 Å². The molecule has 0 aliphatic rings. The molecule has 3 unspecified atom stereocenters. The maximum atomic E-state index is 13.2. The van der Waals surface area contributed by atoms with E-state index < -0.39 is 18.2 Å². The van der Waals surface area contributed by atoms with Crippen molar-refractivity contribution in [2.75, 3.05) is 6.61 Å². The summed E-state index contributed by atoms with van der Waals surface area (Å²) in [6, 6.07) is -0.717. The maximum Gasteiger partial charge on any atom is 0.306 e. The number of hydrogen-bond acceptors (Lipinski definition) is 5. The van der Waals surface area contributed by atoms with Crippen LogP contribution >= 0.6 is 0 Å². The van der Waals surface area contributed by atoms with E-state index in [0.717, 1.165) is 77.0 Å². The van der Waals surface area contributed by atoms with Crippen LogP contribution in [0.15, 0.2) is 60.8 Å². The number of esters is 1. The van der Waals surface area contributed by atoms with E-state index in [1.54, 1.807) is 0 Å². The quantitative estimate of drug-likeness (QED) is 0.0245. The average molecular weight is 868 g/mol. The van der Waals surface area contributed by atoms with Crippen LogP contribution in [0.4, 0.5) is 0 Å². The van der Waals surface area contributed by atoms with Crippen molar-refractivity contribution in [2.45, 2.75) is 277 Å². The molecule has 3 atom stereocenters. The van der Waals surface area contributed by atoms with Crippen molar-refractivity contribution in [2.24, 2.45) is 0 Å². The van der Waals surface area contributed by atoms with Crippen molar-refractivity contribution >= 4 is 11.9 Å². The molecule has 360 valence electrons. The lowest BCUT2D eigenvalue weighted by atomic mass is 10.0. The van der Waals surface area contributed by atoms with E-state index in [2.05, 4.69) is 62.5 Å². The van der Waals surface area contributed by atoms with Gasteiger partial charge in [-0.3, -0.25) is 9.59 Å². The minimum Gasteiger partial charge on any atom is -0.462 e. The predicted octanol–water partition coefficient (Wildman–Crippen LogP) is 16.0. The van der Waals surface area contributed by atoms with Crippen LogP contribution in [0.25, 0.3) is 0 Å². The van der Waals surface area contributed by atoms with Crippen LogP contribution in [-0.2, 0) is 14.3 Å². The highest BCUT2D eigenvalue weighted by Crippen LogP contribution is 2.17. The first kappa shape index (κ1) is 59.6. The third-order valence-corrected chi connectivity index (χ3v) is 11.9. The highest BCUT2D eigenvalue weighted by Gasteiger charge is 2.24. The van der Waals surface area contributed by atoms with Crippen LogP contribution in [-0.4, -0.2) is 46.9 Å². The van der Waals surface area contributed by atoms with Crippen molar-refractivity contribution in [1.82, 2.24) is 5.32 Å². The highest BCUT2D eigenvalue weighted by molar-refractivity contribution is 5.77. The number of allylic oxidation sites excluding steroid dienone is 10. The van der Waals surface area contributed by atoms with E-state index in [-0.39, 0.29) is 24.9 Å². The smallest absolute Gasteiger partial charge is 0.306 e. The zero-order valence-electron chi connectivity index (χ0n) is 41.0. The molecular formula is C56H101NO5. The summed E-state index contributed by atoms with van der Waals surface area (Å²) in [5, 5.41) is 23.8. The zero-order valence-corrected chi connectivity index (χ0v) is 41.0. The van der Waals surface area contributed by atoms with E-state index in [1.807, 2.05) is 24.3 Å². The van der Waals surface area contributed by atoms with Gasteiger partial charge >= 0.3 is 5.97 Å². The summed E-state index contributed by atoms with van der Waals surface area (Å²) in [5.74, 6) is -0.520. The summed E-state index contributed by atoms with van der Waals surface area (Å²) in [7, 11) is 0. The SMILES string of the molecule is CC/C=C/C=C/C=C/C=C\CCCCCC(CC(=O)NC(CO)C(O)CCCCCCCCCCCCCCCC)OC(=O)CCCCCCC/C=C/CCCCCCCCC. The molecule has 0 aromatic carbocycles. The number of hydrogen-bond donors (Lipinski definition) is 3. The minimum absolute atomic E-state index is 0.0476. The van der Waals surface area contributed by atoms with Crippen LogP contribution in [0.1, 0.15) is 258 Å². The van der Waals surface area contributed by atoms with E-state index in [4.69, 9.17) is 4.74 Å². The fourth-order valence-corrected chi connectivity index (χ4v) is 7.91. The summed E-state index contributed by atoms with van der Waals surface area (Å²) >= 11 is 0. The van der Waals surface area contributed by atoms with Gasteiger partial charge in [0, 0.05) is 6.42 Å². The number of aliphatic hydroxyl groups is 2. The molecule has 0 saturated carbocycles. The topological polar surface area (TPSA) is 95.9 Å². The molecule has 0 aromatic rings. The standard InChI is InChI=1S/C56H101NO5/c1-4-7-10-13-16-19-22-25-27-28-31-34-37-40-43-46-49-56(61)62-52(47-44-41-38-35-32-29-24-21-18-15-12-9-6-3)50-55(60)57-53(51-58)54(59)48-45-42-39-36-33-30-26-23-20-17-14-11-8-5-2/h9,12,15,18,21,24,27-29,32,52-54,58-59H,4-8,10-11,13-14,16-17,19-20,22-23,25-26,30-31,33-51H2,1-3H3,(H,57,60)/b12-9+,18-15+,24-21+,28-27+,32-29-. The van der Waals surface area contributed by atoms with Crippen molar-refractivity contribution in [3.8, 4) is 0 Å². The van der Waals surface area contributed by atoms with Crippen molar-refractivity contribution < 1.29 is 24.5 Å². The lowest BCUT2D eigenvalue weighted by Crippen LogP contribution is -2.46. The van der Waals surface area contributed by atoms with Crippen LogP contribution < -0.4 is 5.32 Å². The Kier molecular flexibility index (Phi) is 47.6. The maximum absolute atomic E-state index is 13.2. The minimum atomic E-state index is -0.801. The largest absolute Gasteiger partial charge is 0.462 e. The second kappa shape index (κ2) is 49.6. The Bertz CT molecular complexity index is 1110. The second-order valence-electron chi connectivity index (χ2n) is 18.0. The van der Waals surface area contributed by atoms with Gasteiger partial charge in [-0.05, 0) is 70.6 Å². The molecule has 0 radical (unpaired) electrons. The van der Waals surface area contributed by atoms with Crippen molar-refractivity contribution in [1.29, 1.82) is 0 Å². The van der Waals surface area contributed by atoms with Crippen LogP contribution in [0.5, 0.6) is 0 Å². The first-order valence-corrected chi connectivity index (χ1v) is 26.6. The molecule has 6 nitrogen and oxygen atoms in total. The predicted molar refractivity (Wildman–Crippen MR) is 268 cm³/mol. The molecule has 6 heteroatoms. The van der Waals surface area contributed by atoms with Gasteiger partial charge in [-0.15, -0.1) is 0 Å². The zero-order chi connectivity index (χ0) is 45.2. The Morgan fingerprint density at radius 3 is 1.39 bits per heavy atom. The summed E-state index contributed by atoms with van der Waals surface area (Å²) in [4.78, 5) is 26.2. The third-order valence-electron chi connectivity index (χ3n) is 11.9. The van der Waals surface area contributed by atoms with Gasteiger partial charge in [0.25, 0.3) is 0 Å². The van der Waals surface area contributed by atoms with Gasteiger partial charge in [0.05, 0.1) is 25.2 Å². The normalized spacial score (nSPS) is 13.7. The Balaban J connectivity index is 4.61.